The molecule has 1 aromatic heterocycles. The summed E-state index contributed by atoms with van der Waals surface area (Å²) in [5, 5.41) is 2.72. The Morgan fingerprint density at radius 1 is 1.10 bits per heavy atom. The van der Waals surface area contributed by atoms with Crippen LogP contribution in [-0.4, -0.2) is 37.9 Å². The first-order chi connectivity index (χ1) is 18.6. The van der Waals surface area contributed by atoms with Crippen molar-refractivity contribution in [1.82, 2.24) is 10.2 Å². The van der Waals surface area contributed by atoms with Crippen LogP contribution in [0.1, 0.15) is 49.8 Å². The van der Waals surface area contributed by atoms with Crippen molar-refractivity contribution in [2.45, 2.75) is 51.4 Å². The molecule has 2 amide bonds. The number of nitrogens with one attached hydrogen (secondary N) is 1. The van der Waals surface area contributed by atoms with Gasteiger partial charge in [0.2, 0.25) is 0 Å². The van der Waals surface area contributed by atoms with E-state index >= 15 is 0 Å². The lowest BCUT2D eigenvalue weighted by Crippen LogP contribution is -2.58. The van der Waals surface area contributed by atoms with Crippen LogP contribution < -0.4 is 20.4 Å². The average molecular weight is 549 g/mol. The van der Waals surface area contributed by atoms with E-state index in [-0.39, 0.29) is 30.3 Å². The molecule has 11 heteroatoms. The number of halogens is 3. The van der Waals surface area contributed by atoms with Crippen molar-refractivity contribution in [2.24, 2.45) is 0 Å². The molecule has 8 nitrogen and oxygen atoms in total. The first kappa shape index (κ1) is 28.3. The zero-order chi connectivity index (χ0) is 28.2. The molecular weight excluding hydrogens is 517 g/mol. The average Bonchev–Trinajstić information content (AvgIpc) is 2.89. The number of aryl methyl sites for hydroxylation is 1. The summed E-state index contributed by atoms with van der Waals surface area (Å²) < 4.78 is 62.9. The van der Waals surface area contributed by atoms with Gasteiger partial charge in [-0.2, -0.15) is 13.2 Å². The van der Waals surface area contributed by atoms with E-state index in [1.165, 1.54) is 12.1 Å². The fraction of sp³-hybridized carbons (Fsp3) is 0.429. The molecule has 4 rings (SSSR count). The van der Waals surface area contributed by atoms with Gasteiger partial charge in [-0.15, -0.1) is 0 Å². The van der Waals surface area contributed by atoms with E-state index in [1.807, 2.05) is 25.1 Å². The van der Waals surface area contributed by atoms with Gasteiger partial charge in [-0.25, -0.2) is 9.59 Å². The molecule has 1 aliphatic rings. The maximum Gasteiger partial charge on any atom is 0.417 e. The molecule has 1 N–H and O–H groups in total. The SMILES string of the molecule is CCCc1c(OCCCCN2COC(C)(c3ccccc3OC)NC2=O)ccc2c(C(F)(F)F)cc(=O)oc12. The first-order valence-corrected chi connectivity index (χ1v) is 12.7. The van der Waals surface area contributed by atoms with Crippen LogP contribution in [0, 0.1) is 0 Å². The van der Waals surface area contributed by atoms with Gasteiger partial charge in [-0.3, -0.25) is 0 Å². The number of benzene rings is 2. The molecule has 0 radical (unpaired) electrons. The third-order valence-electron chi connectivity index (χ3n) is 6.62. The molecule has 3 aromatic rings. The highest BCUT2D eigenvalue weighted by Crippen LogP contribution is 2.38. The summed E-state index contributed by atoms with van der Waals surface area (Å²) in [6, 6.07) is 10.3. The topological polar surface area (TPSA) is 90.2 Å². The third kappa shape index (κ3) is 6.13. The lowest BCUT2D eigenvalue weighted by atomic mass is 10.0. The van der Waals surface area contributed by atoms with Gasteiger partial charge < -0.3 is 28.8 Å². The van der Waals surface area contributed by atoms with E-state index in [0.29, 0.717) is 60.9 Å². The summed E-state index contributed by atoms with van der Waals surface area (Å²) in [5.41, 5.74) is -2.08. The molecule has 0 aliphatic carbocycles. The number of amides is 2. The van der Waals surface area contributed by atoms with Gasteiger partial charge in [0.05, 0.1) is 19.3 Å². The van der Waals surface area contributed by atoms with E-state index in [1.54, 1.807) is 25.0 Å². The van der Waals surface area contributed by atoms with Crippen molar-refractivity contribution in [2.75, 3.05) is 27.0 Å². The predicted octanol–water partition coefficient (Wildman–Crippen LogP) is 5.80. The standard InChI is InChI=1S/C28H31F3N2O6/c1-4-9-19-22(13-12-18-21(28(29,30)31)16-24(34)39-25(18)19)37-15-8-7-14-33-17-38-27(2,32-26(33)35)20-10-5-6-11-23(20)36-3/h5-6,10-13,16H,4,7-9,14-15,17H2,1-3H3,(H,32,35). The number of alkyl halides is 3. The number of carbonyl (C=O) groups is 1. The van der Waals surface area contributed by atoms with Crippen LogP contribution >= 0.6 is 0 Å². The minimum atomic E-state index is -4.69. The normalized spacial score (nSPS) is 17.8. The van der Waals surface area contributed by atoms with Crippen molar-refractivity contribution < 1.29 is 36.6 Å². The molecule has 2 heterocycles. The van der Waals surface area contributed by atoms with Crippen LogP contribution in [0.5, 0.6) is 11.5 Å². The molecule has 1 aliphatic heterocycles. The molecule has 39 heavy (non-hydrogen) atoms. The van der Waals surface area contributed by atoms with E-state index < -0.39 is 23.1 Å². The predicted molar refractivity (Wildman–Crippen MR) is 138 cm³/mol. The van der Waals surface area contributed by atoms with E-state index in [2.05, 4.69) is 5.32 Å². The summed E-state index contributed by atoms with van der Waals surface area (Å²) in [4.78, 5) is 26.2. The second kappa shape index (κ2) is 11.6. The summed E-state index contributed by atoms with van der Waals surface area (Å²) in [7, 11) is 1.56. The molecule has 1 fully saturated rings. The maximum absolute atomic E-state index is 13.5. The number of rotatable bonds is 10. The Balaban J connectivity index is 1.36. The maximum atomic E-state index is 13.5. The molecule has 1 atom stereocenters. The van der Waals surface area contributed by atoms with Crippen LogP contribution in [-0.2, 0) is 23.1 Å². The van der Waals surface area contributed by atoms with E-state index in [0.717, 1.165) is 0 Å². The van der Waals surface area contributed by atoms with Crippen LogP contribution in [0.3, 0.4) is 0 Å². The molecule has 2 aromatic carbocycles. The van der Waals surface area contributed by atoms with Gasteiger partial charge in [0.15, 0.2) is 5.72 Å². The lowest BCUT2D eigenvalue weighted by Gasteiger charge is -2.40. The molecule has 0 spiro atoms. The number of unbranched alkanes of at least 4 members (excludes halogenated alkanes) is 1. The van der Waals surface area contributed by atoms with Gasteiger partial charge >= 0.3 is 17.8 Å². The van der Waals surface area contributed by atoms with Crippen LogP contribution in [0.15, 0.2) is 51.7 Å². The summed E-state index contributed by atoms with van der Waals surface area (Å²) in [5.74, 6) is 0.981. The highest BCUT2D eigenvalue weighted by Gasteiger charge is 2.38. The fourth-order valence-corrected chi connectivity index (χ4v) is 4.64. The van der Waals surface area contributed by atoms with Crippen LogP contribution in [0.25, 0.3) is 11.0 Å². The number of ether oxygens (including phenoxy) is 3. The Hall–Kier alpha value is -3.73. The fourth-order valence-electron chi connectivity index (χ4n) is 4.64. The highest BCUT2D eigenvalue weighted by atomic mass is 19.4. The molecule has 0 bridgehead atoms. The lowest BCUT2D eigenvalue weighted by molar-refractivity contribution is -0.136. The van der Waals surface area contributed by atoms with Crippen molar-refractivity contribution >= 4 is 17.0 Å². The van der Waals surface area contributed by atoms with Crippen LogP contribution in [0.2, 0.25) is 0 Å². The number of para-hydroxylation sites is 1. The summed E-state index contributed by atoms with van der Waals surface area (Å²) >= 11 is 0. The summed E-state index contributed by atoms with van der Waals surface area (Å²) in [6.45, 7) is 4.42. The second-order valence-corrected chi connectivity index (χ2v) is 9.40. The molecule has 210 valence electrons. The first-order valence-electron chi connectivity index (χ1n) is 12.7. The molecule has 1 saturated heterocycles. The Bertz CT molecular complexity index is 1390. The number of fused-ring (bicyclic) bond motifs is 1. The minimum absolute atomic E-state index is 0.0904. The smallest absolute Gasteiger partial charge is 0.417 e. The molecule has 1 unspecified atom stereocenters. The zero-order valence-corrected chi connectivity index (χ0v) is 22.0. The quantitative estimate of drug-likeness (QED) is 0.254. The van der Waals surface area contributed by atoms with Crippen LogP contribution in [0.4, 0.5) is 18.0 Å². The Labute approximate surface area is 223 Å². The van der Waals surface area contributed by atoms with E-state index in [9.17, 15) is 22.8 Å². The monoisotopic (exact) mass is 548 g/mol. The summed E-state index contributed by atoms with van der Waals surface area (Å²) in [6.07, 6.45) is -2.51. The highest BCUT2D eigenvalue weighted by molar-refractivity contribution is 5.85. The van der Waals surface area contributed by atoms with Crippen molar-refractivity contribution in [3.8, 4) is 11.5 Å². The van der Waals surface area contributed by atoms with Crippen molar-refractivity contribution in [3.63, 3.8) is 0 Å². The Kier molecular flexibility index (Phi) is 8.39. The number of hydrogen-bond donors (Lipinski definition) is 1. The van der Waals surface area contributed by atoms with Gasteiger partial charge in [0.1, 0.15) is 23.8 Å². The second-order valence-electron chi connectivity index (χ2n) is 9.40. The minimum Gasteiger partial charge on any atom is -0.496 e. The Morgan fingerprint density at radius 3 is 2.56 bits per heavy atom. The Morgan fingerprint density at radius 2 is 1.87 bits per heavy atom. The number of hydrogen-bond acceptors (Lipinski definition) is 6. The molecule has 0 saturated carbocycles. The van der Waals surface area contributed by atoms with Gasteiger partial charge in [-0.1, -0.05) is 31.5 Å². The molecular formula is C28H31F3N2O6. The van der Waals surface area contributed by atoms with Gasteiger partial charge in [0, 0.05) is 29.1 Å². The van der Waals surface area contributed by atoms with Gasteiger partial charge in [0.25, 0.3) is 0 Å². The number of carbonyl (C=O) groups excluding carboxylic acids is 1. The number of nitrogens with zero attached hydrogens (tertiary/aromatic N) is 1. The van der Waals surface area contributed by atoms with Gasteiger partial charge in [-0.05, 0) is 44.4 Å². The van der Waals surface area contributed by atoms with E-state index in [4.69, 9.17) is 18.6 Å². The number of urea groups is 1. The zero-order valence-electron chi connectivity index (χ0n) is 22.0. The largest absolute Gasteiger partial charge is 0.496 e. The van der Waals surface area contributed by atoms with Crippen molar-refractivity contribution in [1.29, 1.82) is 0 Å². The third-order valence-corrected chi connectivity index (χ3v) is 6.62. The number of methoxy groups -OCH3 is 1. The van der Waals surface area contributed by atoms with Crippen molar-refractivity contribution in [3.05, 3.63) is 69.6 Å².